The predicted octanol–water partition coefficient (Wildman–Crippen LogP) is 3.44. The van der Waals surface area contributed by atoms with Crippen molar-refractivity contribution in [3.8, 4) is 0 Å². The molecular weight excluding hydrogens is 380 g/mol. The molecule has 0 aliphatic heterocycles. The largest absolute Gasteiger partial charge is 0.388 e. The van der Waals surface area contributed by atoms with E-state index in [2.05, 4.69) is 38.3 Å². The van der Waals surface area contributed by atoms with Gasteiger partial charge in [-0.05, 0) is 75.0 Å². The van der Waals surface area contributed by atoms with Gasteiger partial charge in [0.15, 0.2) is 0 Å². The van der Waals surface area contributed by atoms with Gasteiger partial charge in [-0.25, -0.2) is 0 Å². The highest BCUT2D eigenvalue weighted by molar-refractivity contribution is 5.77. The van der Waals surface area contributed by atoms with E-state index < -0.39 is 11.2 Å². The summed E-state index contributed by atoms with van der Waals surface area (Å²) in [5, 5.41) is 27.2. The first-order chi connectivity index (χ1) is 13.8. The fraction of sp³-hybridized carbons (Fsp3) is 0.917. The number of amides is 2. The van der Waals surface area contributed by atoms with Gasteiger partial charge in [0, 0.05) is 25.9 Å². The molecular formula is C24H44N2O4. The fourth-order valence-corrected chi connectivity index (χ4v) is 5.50. The summed E-state index contributed by atoms with van der Waals surface area (Å²) in [4.78, 5) is 24.2. The molecule has 2 atom stereocenters. The quantitative estimate of drug-likeness (QED) is 0.426. The molecule has 6 nitrogen and oxygen atoms in total. The minimum absolute atomic E-state index is 0.0639. The molecule has 4 N–H and O–H groups in total. The van der Waals surface area contributed by atoms with Crippen LogP contribution in [0.2, 0.25) is 0 Å². The van der Waals surface area contributed by atoms with Crippen molar-refractivity contribution < 1.29 is 19.8 Å². The zero-order valence-electron chi connectivity index (χ0n) is 19.6. The molecule has 6 heteroatoms. The number of nitrogens with one attached hydrogen (secondary N) is 2. The molecule has 2 amide bonds. The number of rotatable bonds is 9. The van der Waals surface area contributed by atoms with Gasteiger partial charge in [0.25, 0.3) is 0 Å². The molecule has 0 aromatic carbocycles. The zero-order chi connectivity index (χ0) is 22.5. The normalized spacial score (nSPS) is 30.5. The maximum Gasteiger partial charge on any atom is 0.220 e. The minimum Gasteiger partial charge on any atom is -0.388 e. The first-order valence-electron chi connectivity index (χ1n) is 11.8. The average molecular weight is 425 g/mol. The van der Waals surface area contributed by atoms with Crippen LogP contribution in [0.4, 0.5) is 0 Å². The van der Waals surface area contributed by atoms with Crippen molar-refractivity contribution >= 4 is 11.8 Å². The van der Waals surface area contributed by atoms with Crippen LogP contribution in [0, 0.1) is 10.8 Å². The van der Waals surface area contributed by atoms with Crippen molar-refractivity contribution in [3.63, 3.8) is 0 Å². The summed E-state index contributed by atoms with van der Waals surface area (Å²) in [5.74, 6) is -0.128. The van der Waals surface area contributed by atoms with Crippen LogP contribution in [0.5, 0.6) is 0 Å². The Kier molecular flexibility index (Phi) is 8.36. The Morgan fingerprint density at radius 1 is 0.700 bits per heavy atom. The maximum absolute atomic E-state index is 12.1. The lowest BCUT2D eigenvalue weighted by Crippen LogP contribution is -2.48. The molecule has 0 aromatic rings. The summed E-state index contributed by atoms with van der Waals surface area (Å²) in [6.45, 7) is 9.28. The Morgan fingerprint density at radius 3 is 1.40 bits per heavy atom. The van der Waals surface area contributed by atoms with Gasteiger partial charge in [-0.15, -0.1) is 0 Å². The van der Waals surface area contributed by atoms with Crippen molar-refractivity contribution in [2.45, 2.75) is 116 Å². The topological polar surface area (TPSA) is 98.7 Å². The number of aliphatic hydroxyl groups is 2. The van der Waals surface area contributed by atoms with E-state index in [0.29, 0.717) is 51.6 Å². The monoisotopic (exact) mass is 424 g/mol. The third-order valence-electron chi connectivity index (χ3n) is 6.89. The van der Waals surface area contributed by atoms with E-state index in [9.17, 15) is 19.8 Å². The summed E-state index contributed by atoms with van der Waals surface area (Å²) in [6, 6.07) is 0. The second-order valence-electron chi connectivity index (χ2n) is 11.6. The molecule has 0 aromatic heterocycles. The Balaban J connectivity index is 1.58. The number of hydrogen-bond donors (Lipinski definition) is 4. The second kappa shape index (κ2) is 9.99. The molecule has 2 aliphatic rings. The molecule has 2 saturated carbocycles. The highest BCUT2D eigenvalue weighted by Crippen LogP contribution is 2.41. The molecule has 2 fully saturated rings. The van der Waals surface area contributed by atoms with Gasteiger partial charge >= 0.3 is 0 Å². The van der Waals surface area contributed by atoms with Crippen LogP contribution in [0.3, 0.4) is 0 Å². The Hall–Kier alpha value is -1.14. The van der Waals surface area contributed by atoms with E-state index in [4.69, 9.17) is 0 Å². The molecule has 2 rings (SSSR count). The fourth-order valence-electron chi connectivity index (χ4n) is 5.50. The zero-order valence-corrected chi connectivity index (χ0v) is 19.6. The number of carbonyl (C=O) groups excluding carboxylic acids is 2. The molecule has 0 radical (unpaired) electrons. The van der Waals surface area contributed by atoms with Crippen LogP contribution < -0.4 is 10.6 Å². The van der Waals surface area contributed by atoms with Gasteiger partial charge in [0.05, 0.1) is 11.2 Å². The standard InChI is InChI=1S/C24H44N2O4/c1-21(2)11-7-13-23(29,15-21)17-25-19(27)9-5-6-10-20(28)26-18-24(30)14-8-12-22(3,4)16-24/h29-30H,5-18H2,1-4H3,(H,25,27)(H,26,28). The lowest BCUT2D eigenvalue weighted by Gasteiger charge is -2.41. The molecule has 30 heavy (non-hydrogen) atoms. The van der Waals surface area contributed by atoms with Crippen LogP contribution in [-0.2, 0) is 9.59 Å². The average Bonchev–Trinajstić information content (AvgIpc) is 2.60. The van der Waals surface area contributed by atoms with E-state index >= 15 is 0 Å². The third kappa shape index (κ3) is 8.54. The van der Waals surface area contributed by atoms with Crippen LogP contribution >= 0.6 is 0 Å². The predicted molar refractivity (Wildman–Crippen MR) is 119 cm³/mol. The van der Waals surface area contributed by atoms with Gasteiger partial charge in [-0.2, -0.15) is 0 Å². The van der Waals surface area contributed by atoms with E-state index in [1.54, 1.807) is 0 Å². The lowest BCUT2D eigenvalue weighted by molar-refractivity contribution is -0.125. The van der Waals surface area contributed by atoms with E-state index in [1.165, 1.54) is 0 Å². The maximum atomic E-state index is 12.1. The van der Waals surface area contributed by atoms with Crippen molar-refractivity contribution in [3.05, 3.63) is 0 Å². The molecule has 0 heterocycles. The van der Waals surface area contributed by atoms with Crippen molar-refractivity contribution in [1.82, 2.24) is 10.6 Å². The van der Waals surface area contributed by atoms with E-state index in [-0.39, 0.29) is 22.6 Å². The highest BCUT2D eigenvalue weighted by Gasteiger charge is 2.39. The minimum atomic E-state index is -0.800. The van der Waals surface area contributed by atoms with Crippen molar-refractivity contribution in [1.29, 1.82) is 0 Å². The van der Waals surface area contributed by atoms with Crippen LogP contribution in [0.1, 0.15) is 105 Å². The van der Waals surface area contributed by atoms with Gasteiger partial charge in [0.1, 0.15) is 0 Å². The molecule has 0 spiro atoms. The summed E-state index contributed by atoms with van der Waals surface area (Å²) in [5.41, 5.74) is -1.37. The molecule has 0 bridgehead atoms. The van der Waals surface area contributed by atoms with Gasteiger partial charge in [-0.1, -0.05) is 27.7 Å². The first-order valence-corrected chi connectivity index (χ1v) is 11.8. The van der Waals surface area contributed by atoms with Crippen molar-refractivity contribution in [2.24, 2.45) is 10.8 Å². The Labute approximate surface area is 182 Å². The number of unbranched alkanes of at least 4 members (excludes halogenated alkanes) is 1. The highest BCUT2D eigenvalue weighted by atomic mass is 16.3. The van der Waals surface area contributed by atoms with Gasteiger partial charge in [-0.3, -0.25) is 9.59 Å². The first kappa shape index (κ1) is 25.1. The summed E-state index contributed by atoms with van der Waals surface area (Å²) in [6.07, 6.45) is 9.11. The third-order valence-corrected chi connectivity index (χ3v) is 6.89. The van der Waals surface area contributed by atoms with Gasteiger partial charge in [0.2, 0.25) is 11.8 Å². The van der Waals surface area contributed by atoms with Crippen LogP contribution in [-0.4, -0.2) is 46.3 Å². The lowest BCUT2D eigenvalue weighted by atomic mass is 9.70. The Morgan fingerprint density at radius 2 is 1.07 bits per heavy atom. The van der Waals surface area contributed by atoms with Crippen LogP contribution in [0.15, 0.2) is 0 Å². The van der Waals surface area contributed by atoms with Crippen LogP contribution in [0.25, 0.3) is 0 Å². The van der Waals surface area contributed by atoms with E-state index in [0.717, 1.165) is 38.5 Å². The molecule has 2 unspecified atom stereocenters. The number of carbonyl (C=O) groups is 2. The molecule has 174 valence electrons. The summed E-state index contributed by atoms with van der Waals surface area (Å²) in [7, 11) is 0. The summed E-state index contributed by atoms with van der Waals surface area (Å²) < 4.78 is 0. The van der Waals surface area contributed by atoms with Gasteiger partial charge < -0.3 is 20.8 Å². The summed E-state index contributed by atoms with van der Waals surface area (Å²) >= 11 is 0. The Bertz CT molecular complexity index is 552. The SMILES string of the molecule is CC1(C)CCCC(O)(CNC(=O)CCCCC(=O)NCC2(O)CCCC(C)(C)C2)C1. The van der Waals surface area contributed by atoms with Crippen molar-refractivity contribution in [2.75, 3.05) is 13.1 Å². The molecule has 0 saturated heterocycles. The number of hydrogen-bond acceptors (Lipinski definition) is 4. The second-order valence-corrected chi connectivity index (χ2v) is 11.6. The molecule has 2 aliphatic carbocycles. The van der Waals surface area contributed by atoms with E-state index in [1.807, 2.05) is 0 Å². The smallest absolute Gasteiger partial charge is 0.220 e.